The summed E-state index contributed by atoms with van der Waals surface area (Å²) in [6, 6.07) is 19.9. The zero-order valence-electron chi connectivity index (χ0n) is 19.2. The number of aliphatic carboxylic acids is 1. The number of hydrogen-bond donors (Lipinski definition) is 2. The van der Waals surface area contributed by atoms with Crippen molar-refractivity contribution in [3.05, 3.63) is 94.0 Å². The number of carboxylic acids is 1. The van der Waals surface area contributed by atoms with E-state index in [1.807, 2.05) is 73.8 Å². The van der Waals surface area contributed by atoms with Crippen LogP contribution in [0.25, 0.3) is 11.1 Å². The molecule has 0 heterocycles. The molecule has 3 aromatic rings. The van der Waals surface area contributed by atoms with Crippen molar-refractivity contribution in [2.75, 3.05) is 12.0 Å². The van der Waals surface area contributed by atoms with Crippen LogP contribution in [-0.2, 0) is 22.7 Å². The first-order valence-corrected chi connectivity index (χ1v) is 12.7. The van der Waals surface area contributed by atoms with Crippen molar-refractivity contribution in [1.82, 2.24) is 5.32 Å². The molecular formula is C27H29ClLiNO4S. The van der Waals surface area contributed by atoms with E-state index in [1.54, 1.807) is 17.8 Å². The van der Waals surface area contributed by atoms with Gasteiger partial charge in [-0.05, 0) is 77.4 Å². The molecule has 3 rings (SSSR count). The molecule has 0 spiro atoms. The molecule has 8 heteroatoms. The molecule has 0 aromatic heterocycles. The van der Waals surface area contributed by atoms with Gasteiger partial charge in [-0.2, -0.15) is 11.8 Å². The van der Waals surface area contributed by atoms with Crippen LogP contribution in [-0.4, -0.2) is 53.9 Å². The van der Waals surface area contributed by atoms with Gasteiger partial charge in [0, 0.05) is 10.6 Å². The Hall–Kier alpha value is -2.20. The predicted molar refractivity (Wildman–Crippen MR) is 146 cm³/mol. The molecule has 0 saturated carbocycles. The molecule has 35 heavy (non-hydrogen) atoms. The van der Waals surface area contributed by atoms with Gasteiger partial charge in [0.05, 0.1) is 13.2 Å². The van der Waals surface area contributed by atoms with Crippen molar-refractivity contribution < 1.29 is 19.4 Å². The summed E-state index contributed by atoms with van der Waals surface area (Å²) in [5.41, 5.74) is 5.00. The Bertz CT molecular complexity index is 1160. The van der Waals surface area contributed by atoms with Crippen LogP contribution < -0.4 is 5.32 Å². The molecule has 0 radical (unpaired) electrons. The van der Waals surface area contributed by atoms with E-state index >= 15 is 0 Å². The van der Waals surface area contributed by atoms with Crippen molar-refractivity contribution in [1.29, 1.82) is 0 Å². The predicted octanol–water partition coefficient (Wildman–Crippen LogP) is 5.32. The van der Waals surface area contributed by atoms with Crippen LogP contribution in [0.3, 0.4) is 0 Å². The average Bonchev–Trinajstić information content (AvgIpc) is 2.82. The van der Waals surface area contributed by atoms with Gasteiger partial charge in [-0.3, -0.25) is 4.79 Å². The minimum atomic E-state index is -1.04. The van der Waals surface area contributed by atoms with Crippen molar-refractivity contribution in [3.63, 3.8) is 0 Å². The van der Waals surface area contributed by atoms with Crippen LogP contribution in [0.4, 0.5) is 0 Å². The summed E-state index contributed by atoms with van der Waals surface area (Å²) >= 11 is 7.59. The van der Waals surface area contributed by atoms with Crippen LogP contribution in [0.1, 0.15) is 33.5 Å². The molecule has 0 bridgehead atoms. The second kappa shape index (κ2) is 14.4. The summed E-state index contributed by atoms with van der Waals surface area (Å²) < 4.78 is 5.88. The molecule has 1 amide bonds. The van der Waals surface area contributed by atoms with Crippen LogP contribution in [0.2, 0.25) is 5.02 Å². The standard InChI is InChI=1S/C27H28ClNO4S.Li.H/c1-18-6-3-4-9-22(18)24-15-20(17-33-16-19-7-5-8-21(28)14-19)10-11-23(24)26(30)29-25(27(31)32)12-13-34-2;;/h3-11,14-15,25H,12-13,16-17H2,1-2H3,(H,29,30)(H,31,32);;. The Morgan fingerprint density at radius 1 is 1.00 bits per heavy atom. The Morgan fingerprint density at radius 3 is 2.37 bits per heavy atom. The summed E-state index contributed by atoms with van der Waals surface area (Å²) in [5, 5.41) is 12.9. The van der Waals surface area contributed by atoms with Gasteiger partial charge < -0.3 is 15.2 Å². The Kier molecular flexibility index (Phi) is 11.9. The fraction of sp³-hybridized carbons (Fsp3) is 0.259. The van der Waals surface area contributed by atoms with Crippen molar-refractivity contribution in [3.8, 4) is 11.1 Å². The van der Waals surface area contributed by atoms with Gasteiger partial charge in [0.15, 0.2) is 0 Å². The number of rotatable bonds is 11. The monoisotopic (exact) mass is 505 g/mol. The maximum absolute atomic E-state index is 13.1. The zero-order valence-corrected chi connectivity index (χ0v) is 20.8. The molecule has 1 atom stereocenters. The van der Waals surface area contributed by atoms with Crippen molar-refractivity contribution in [2.24, 2.45) is 0 Å². The van der Waals surface area contributed by atoms with Gasteiger partial charge in [-0.15, -0.1) is 0 Å². The number of halogens is 1. The fourth-order valence-corrected chi connectivity index (χ4v) is 4.30. The molecule has 180 valence electrons. The Labute approximate surface area is 227 Å². The summed E-state index contributed by atoms with van der Waals surface area (Å²) in [6.07, 6.45) is 2.27. The number of amides is 1. The SMILES string of the molecule is CSCCC(NC(=O)c1ccc(COCc2cccc(Cl)c2)cc1-c1ccccc1C)C(=O)O.[LiH]. The minimum absolute atomic E-state index is 0. The molecular weight excluding hydrogens is 477 g/mol. The number of nitrogens with one attached hydrogen (secondary N) is 1. The molecule has 0 aliphatic heterocycles. The first-order valence-electron chi connectivity index (χ1n) is 10.9. The number of carboxylic acid groups (broad SMARTS) is 1. The zero-order chi connectivity index (χ0) is 24.5. The van der Waals surface area contributed by atoms with Crippen LogP contribution >= 0.6 is 23.4 Å². The van der Waals surface area contributed by atoms with Gasteiger partial charge in [0.2, 0.25) is 0 Å². The van der Waals surface area contributed by atoms with Gasteiger partial charge in [0.1, 0.15) is 6.04 Å². The van der Waals surface area contributed by atoms with E-state index in [0.717, 1.165) is 27.8 Å². The van der Waals surface area contributed by atoms with Crippen molar-refractivity contribution in [2.45, 2.75) is 32.6 Å². The van der Waals surface area contributed by atoms with E-state index in [-0.39, 0.29) is 18.9 Å². The fourth-order valence-electron chi connectivity index (χ4n) is 3.62. The third-order valence-corrected chi connectivity index (χ3v) is 6.28. The second-order valence-corrected chi connectivity index (χ2v) is 9.39. The van der Waals surface area contributed by atoms with Crippen molar-refractivity contribution >= 4 is 54.1 Å². The Morgan fingerprint density at radius 2 is 1.71 bits per heavy atom. The normalized spacial score (nSPS) is 11.4. The van der Waals surface area contributed by atoms with Gasteiger partial charge >= 0.3 is 24.8 Å². The number of hydrogen-bond acceptors (Lipinski definition) is 4. The molecule has 0 saturated heterocycles. The first-order chi connectivity index (χ1) is 16.4. The maximum atomic E-state index is 13.1. The molecule has 5 nitrogen and oxygen atoms in total. The van der Waals surface area contributed by atoms with E-state index in [0.29, 0.717) is 36.0 Å². The number of aryl methyl sites for hydroxylation is 1. The molecule has 2 N–H and O–H groups in total. The van der Waals surface area contributed by atoms with E-state index in [1.165, 1.54) is 0 Å². The molecule has 0 fully saturated rings. The molecule has 1 unspecified atom stereocenters. The van der Waals surface area contributed by atoms with E-state index in [9.17, 15) is 14.7 Å². The van der Waals surface area contributed by atoms with E-state index in [2.05, 4.69) is 5.32 Å². The average molecular weight is 506 g/mol. The molecule has 0 aliphatic carbocycles. The summed E-state index contributed by atoms with van der Waals surface area (Å²) in [7, 11) is 0. The third-order valence-electron chi connectivity index (χ3n) is 5.40. The van der Waals surface area contributed by atoms with Gasteiger partial charge in [0.25, 0.3) is 5.91 Å². The van der Waals surface area contributed by atoms with Crippen LogP contribution in [0, 0.1) is 6.92 Å². The summed E-state index contributed by atoms with van der Waals surface area (Å²) in [6.45, 7) is 2.76. The van der Waals surface area contributed by atoms with E-state index in [4.69, 9.17) is 16.3 Å². The van der Waals surface area contributed by atoms with Gasteiger partial charge in [-0.25, -0.2) is 4.79 Å². The summed E-state index contributed by atoms with van der Waals surface area (Å²) in [5.74, 6) is -0.797. The summed E-state index contributed by atoms with van der Waals surface area (Å²) in [4.78, 5) is 24.8. The number of carbonyl (C=O) groups is 2. The topological polar surface area (TPSA) is 75.6 Å². The quantitative estimate of drug-likeness (QED) is 0.345. The third kappa shape index (κ3) is 8.45. The molecule has 0 aliphatic rings. The van der Waals surface area contributed by atoms with Crippen LogP contribution in [0.5, 0.6) is 0 Å². The molecule has 3 aromatic carbocycles. The second-order valence-electron chi connectivity index (χ2n) is 7.96. The van der Waals surface area contributed by atoms with Crippen LogP contribution in [0.15, 0.2) is 66.7 Å². The Balaban J connectivity index is 0.00000432. The first kappa shape index (κ1) is 29.0. The number of benzene rings is 3. The number of ether oxygens (including phenoxy) is 1. The number of carbonyl (C=O) groups excluding carboxylic acids is 1. The van der Waals surface area contributed by atoms with Gasteiger partial charge in [-0.1, -0.05) is 54.1 Å². The van der Waals surface area contributed by atoms with E-state index < -0.39 is 17.9 Å². The number of thioether (sulfide) groups is 1.